The average Bonchev–Trinajstić information content (AvgIpc) is 2.69. The van der Waals surface area contributed by atoms with Crippen LogP contribution in [0, 0.1) is 0 Å². The number of hydrogen-bond acceptors (Lipinski definition) is 4. The Morgan fingerprint density at radius 2 is 1.65 bits per heavy atom. The minimum atomic E-state index is -0.0366. The van der Waals surface area contributed by atoms with Crippen LogP contribution < -0.4 is 9.47 Å². The molecule has 26 heavy (non-hydrogen) atoms. The van der Waals surface area contributed by atoms with Gasteiger partial charge in [0.25, 0.3) is 5.91 Å². The summed E-state index contributed by atoms with van der Waals surface area (Å²) in [6.07, 6.45) is 0. The predicted molar refractivity (Wildman–Crippen MR) is 102 cm³/mol. The Bertz CT molecular complexity index is 726. The molecule has 1 unspecified atom stereocenters. The molecule has 1 amide bonds. The first-order valence-electron chi connectivity index (χ1n) is 8.92. The Kier molecular flexibility index (Phi) is 5.78. The van der Waals surface area contributed by atoms with Crippen LogP contribution >= 0.6 is 0 Å². The molecular weight excluding hydrogens is 328 g/mol. The normalized spacial score (nSPS) is 17.8. The highest BCUT2D eigenvalue weighted by molar-refractivity contribution is 5.99. The number of methoxy groups -OCH3 is 2. The van der Waals surface area contributed by atoms with Crippen molar-refractivity contribution in [3.63, 3.8) is 0 Å². The molecule has 1 fully saturated rings. The molecule has 0 N–H and O–H groups in total. The lowest BCUT2D eigenvalue weighted by molar-refractivity contribution is 0.0489. The molecule has 1 atom stereocenters. The number of nitrogens with zero attached hydrogens (tertiary/aromatic N) is 2. The van der Waals surface area contributed by atoms with Crippen molar-refractivity contribution < 1.29 is 14.3 Å². The van der Waals surface area contributed by atoms with Crippen LogP contribution in [0.3, 0.4) is 0 Å². The molecule has 3 rings (SSSR count). The van der Waals surface area contributed by atoms with E-state index in [-0.39, 0.29) is 11.9 Å². The van der Waals surface area contributed by atoms with Crippen LogP contribution in [0.4, 0.5) is 0 Å². The van der Waals surface area contributed by atoms with Crippen molar-refractivity contribution in [1.29, 1.82) is 0 Å². The smallest absolute Gasteiger partial charge is 0.261 e. The lowest BCUT2D eigenvalue weighted by Crippen LogP contribution is -2.53. The maximum absolute atomic E-state index is 13.1. The summed E-state index contributed by atoms with van der Waals surface area (Å²) in [5, 5.41) is 0. The minimum Gasteiger partial charge on any atom is -0.496 e. The second kappa shape index (κ2) is 8.23. The third-order valence-electron chi connectivity index (χ3n) is 4.92. The molecule has 138 valence electrons. The first-order valence-corrected chi connectivity index (χ1v) is 8.92. The number of ether oxygens (including phenoxy) is 2. The molecular formula is C21H26N2O3. The Morgan fingerprint density at radius 3 is 2.23 bits per heavy atom. The second-order valence-electron chi connectivity index (χ2n) is 6.59. The summed E-state index contributed by atoms with van der Waals surface area (Å²) in [5.74, 6) is 1.06. The number of carbonyl (C=O) groups is 1. The van der Waals surface area contributed by atoms with E-state index in [4.69, 9.17) is 9.47 Å². The second-order valence-corrected chi connectivity index (χ2v) is 6.59. The molecule has 0 aliphatic carbocycles. The van der Waals surface area contributed by atoms with Gasteiger partial charge in [-0.25, -0.2) is 0 Å². The number of carbonyl (C=O) groups excluding carboxylic acids is 1. The van der Waals surface area contributed by atoms with E-state index in [9.17, 15) is 4.79 Å². The van der Waals surface area contributed by atoms with Gasteiger partial charge in [0, 0.05) is 32.2 Å². The number of rotatable bonds is 5. The van der Waals surface area contributed by atoms with Gasteiger partial charge in [-0.1, -0.05) is 36.4 Å². The minimum absolute atomic E-state index is 0.0366. The van der Waals surface area contributed by atoms with Gasteiger partial charge in [-0.15, -0.1) is 0 Å². The van der Waals surface area contributed by atoms with Crippen LogP contribution in [0.1, 0.15) is 22.8 Å². The van der Waals surface area contributed by atoms with Crippen molar-refractivity contribution >= 4 is 5.91 Å². The van der Waals surface area contributed by atoms with E-state index >= 15 is 0 Å². The van der Waals surface area contributed by atoms with Gasteiger partial charge in [-0.2, -0.15) is 0 Å². The molecule has 2 aromatic rings. The van der Waals surface area contributed by atoms with E-state index in [0.717, 1.165) is 13.1 Å². The largest absolute Gasteiger partial charge is 0.496 e. The number of amides is 1. The molecule has 1 aliphatic rings. The van der Waals surface area contributed by atoms with Gasteiger partial charge in [0.15, 0.2) is 0 Å². The average molecular weight is 354 g/mol. The lowest BCUT2D eigenvalue weighted by Gasteiger charge is -2.40. The Morgan fingerprint density at radius 1 is 1.00 bits per heavy atom. The standard InChI is InChI=1S/C21H26N2O3/c1-16-14-23(13-12-22(16)15-17-8-5-4-6-9-17)21(24)20-18(25-2)10-7-11-19(20)26-3/h4-11,16H,12-15H2,1-3H3. The van der Waals surface area contributed by atoms with E-state index < -0.39 is 0 Å². The fraction of sp³-hybridized carbons (Fsp3) is 0.381. The topological polar surface area (TPSA) is 42.0 Å². The summed E-state index contributed by atoms with van der Waals surface area (Å²) in [7, 11) is 3.15. The molecule has 5 nitrogen and oxygen atoms in total. The molecule has 1 heterocycles. The molecule has 0 radical (unpaired) electrons. The summed E-state index contributed by atoms with van der Waals surface area (Å²) >= 11 is 0. The zero-order valence-corrected chi connectivity index (χ0v) is 15.6. The Balaban J connectivity index is 1.72. The van der Waals surface area contributed by atoms with Crippen LogP contribution in [0.15, 0.2) is 48.5 Å². The maximum Gasteiger partial charge on any atom is 0.261 e. The van der Waals surface area contributed by atoms with Gasteiger partial charge in [-0.3, -0.25) is 9.69 Å². The van der Waals surface area contributed by atoms with Crippen molar-refractivity contribution in [2.75, 3.05) is 33.9 Å². The van der Waals surface area contributed by atoms with Crippen molar-refractivity contribution in [2.24, 2.45) is 0 Å². The fourth-order valence-electron chi connectivity index (χ4n) is 3.45. The van der Waals surface area contributed by atoms with Crippen molar-refractivity contribution in [3.05, 3.63) is 59.7 Å². The van der Waals surface area contributed by atoms with Gasteiger partial charge >= 0.3 is 0 Å². The van der Waals surface area contributed by atoms with Gasteiger partial charge < -0.3 is 14.4 Å². The van der Waals surface area contributed by atoms with Crippen molar-refractivity contribution in [3.8, 4) is 11.5 Å². The zero-order valence-electron chi connectivity index (χ0n) is 15.6. The van der Waals surface area contributed by atoms with Crippen LogP contribution in [-0.2, 0) is 6.54 Å². The van der Waals surface area contributed by atoms with E-state index in [1.807, 2.05) is 17.0 Å². The van der Waals surface area contributed by atoms with Gasteiger partial charge in [0.2, 0.25) is 0 Å². The highest BCUT2D eigenvalue weighted by Gasteiger charge is 2.30. The highest BCUT2D eigenvalue weighted by atomic mass is 16.5. The summed E-state index contributed by atoms with van der Waals surface area (Å²) in [5.41, 5.74) is 1.80. The lowest BCUT2D eigenvalue weighted by atomic mass is 10.1. The predicted octanol–water partition coefficient (Wildman–Crippen LogP) is 3.05. The highest BCUT2D eigenvalue weighted by Crippen LogP contribution is 2.30. The zero-order chi connectivity index (χ0) is 18.5. The Hall–Kier alpha value is -2.53. The molecule has 2 aromatic carbocycles. The van der Waals surface area contributed by atoms with Crippen molar-refractivity contribution in [1.82, 2.24) is 9.80 Å². The van der Waals surface area contributed by atoms with E-state index in [1.165, 1.54) is 5.56 Å². The van der Waals surface area contributed by atoms with Gasteiger partial charge in [-0.05, 0) is 24.6 Å². The summed E-state index contributed by atoms with van der Waals surface area (Å²) in [6.45, 7) is 5.30. The van der Waals surface area contributed by atoms with E-state index in [1.54, 1.807) is 26.4 Å². The molecule has 5 heteroatoms. The Labute approximate surface area is 155 Å². The van der Waals surface area contributed by atoms with Crippen LogP contribution in [-0.4, -0.2) is 55.6 Å². The summed E-state index contributed by atoms with van der Waals surface area (Å²) in [4.78, 5) is 17.4. The van der Waals surface area contributed by atoms with Crippen LogP contribution in [0.5, 0.6) is 11.5 Å². The molecule has 0 saturated carbocycles. The molecule has 1 aliphatic heterocycles. The number of piperazine rings is 1. The fourth-order valence-corrected chi connectivity index (χ4v) is 3.45. The number of benzene rings is 2. The molecule has 0 spiro atoms. The van der Waals surface area contributed by atoms with Crippen molar-refractivity contribution in [2.45, 2.75) is 19.5 Å². The molecule has 0 aromatic heterocycles. The monoisotopic (exact) mass is 354 g/mol. The van der Waals surface area contributed by atoms with Crippen LogP contribution in [0.2, 0.25) is 0 Å². The number of hydrogen-bond donors (Lipinski definition) is 0. The molecule has 1 saturated heterocycles. The SMILES string of the molecule is COc1cccc(OC)c1C(=O)N1CCN(Cc2ccccc2)C(C)C1. The third-order valence-corrected chi connectivity index (χ3v) is 4.92. The van der Waals surface area contributed by atoms with Gasteiger partial charge in [0.1, 0.15) is 17.1 Å². The maximum atomic E-state index is 13.1. The van der Waals surface area contributed by atoms with Crippen LogP contribution in [0.25, 0.3) is 0 Å². The summed E-state index contributed by atoms with van der Waals surface area (Å²) in [6, 6.07) is 16.2. The van der Waals surface area contributed by atoms with E-state index in [2.05, 4.69) is 36.1 Å². The van der Waals surface area contributed by atoms with E-state index in [0.29, 0.717) is 30.2 Å². The first kappa shape index (κ1) is 18.3. The summed E-state index contributed by atoms with van der Waals surface area (Å²) < 4.78 is 10.8. The third kappa shape index (κ3) is 3.83. The molecule has 0 bridgehead atoms. The first-order chi connectivity index (χ1) is 12.6. The van der Waals surface area contributed by atoms with Gasteiger partial charge in [0.05, 0.1) is 14.2 Å². The quantitative estimate of drug-likeness (QED) is 0.828.